The number of ether oxygens (including phenoxy) is 1. The van der Waals surface area contributed by atoms with E-state index in [4.69, 9.17) is 4.42 Å². The van der Waals surface area contributed by atoms with E-state index in [-0.39, 0.29) is 18.2 Å². The number of ketones is 1. The van der Waals surface area contributed by atoms with Gasteiger partial charge in [0.05, 0.1) is 0 Å². The van der Waals surface area contributed by atoms with Gasteiger partial charge in [-0.1, -0.05) is 24.8 Å². The molecule has 24 heavy (non-hydrogen) atoms. The first-order valence-corrected chi connectivity index (χ1v) is 7.05. The molecule has 0 saturated heterocycles. The van der Waals surface area contributed by atoms with Crippen LogP contribution in [-0.2, 0) is 20.7 Å². The second kappa shape index (κ2) is 7.92. The highest BCUT2D eigenvalue weighted by atomic mass is 19.1. The van der Waals surface area contributed by atoms with E-state index in [1.807, 2.05) is 0 Å². The second-order valence-electron chi connectivity index (χ2n) is 4.85. The van der Waals surface area contributed by atoms with Gasteiger partial charge in [0.2, 0.25) is 0 Å². The lowest BCUT2D eigenvalue weighted by Crippen LogP contribution is -2.15. The van der Waals surface area contributed by atoms with Crippen LogP contribution in [0.25, 0.3) is 5.76 Å². The summed E-state index contributed by atoms with van der Waals surface area (Å²) < 4.78 is 22.8. The molecule has 1 aromatic heterocycles. The molecular weight excluding hydrogens is 315 g/mol. The zero-order valence-electron chi connectivity index (χ0n) is 12.7. The number of carbonyl (C=O) groups is 2. The second-order valence-corrected chi connectivity index (χ2v) is 4.85. The van der Waals surface area contributed by atoms with E-state index < -0.39 is 17.5 Å². The smallest absolute Gasteiger partial charge is 0.379 e. The molecule has 0 aliphatic carbocycles. The number of halogens is 1. The number of hydrogen-bond acceptors (Lipinski definition) is 5. The lowest BCUT2D eigenvalue weighted by atomic mass is 10.1. The van der Waals surface area contributed by atoms with Crippen molar-refractivity contribution in [2.24, 2.45) is 0 Å². The predicted molar refractivity (Wildman–Crippen MR) is 84.7 cm³/mol. The molecule has 0 aliphatic rings. The van der Waals surface area contributed by atoms with Crippen LogP contribution >= 0.6 is 0 Å². The molecule has 0 spiro atoms. The number of benzene rings is 1. The summed E-state index contributed by atoms with van der Waals surface area (Å²) >= 11 is 0. The average Bonchev–Trinajstić information content (AvgIpc) is 3.03. The van der Waals surface area contributed by atoms with Crippen molar-refractivity contribution in [3.05, 3.63) is 78.0 Å². The minimum atomic E-state index is -1.10. The maximum atomic E-state index is 12.9. The van der Waals surface area contributed by atoms with Gasteiger partial charge in [-0.25, -0.2) is 9.18 Å². The van der Waals surface area contributed by atoms with Gasteiger partial charge in [-0.15, -0.1) is 0 Å². The summed E-state index contributed by atoms with van der Waals surface area (Å²) in [7, 11) is 0. The molecule has 0 bridgehead atoms. The highest BCUT2D eigenvalue weighted by molar-refractivity contribution is 6.39. The summed E-state index contributed by atoms with van der Waals surface area (Å²) in [6, 6.07) is 8.99. The van der Waals surface area contributed by atoms with Crippen LogP contribution in [0, 0.1) is 5.82 Å². The van der Waals surface area contributed by atoms with Gasteiger partial charge in [-0.05, 0) is 29.8 Å². The maximum Gasteiger partial charge on any atom is 0.379 e. The Bertz CT molecular complexity index is 771. The Morgan fingerprint density at radius 3 is 2.58 bits per heavy atom. The topological polar surface area (TPSA) is 76.7 Å². The zero-order chi connectivity index (χ0) is 17.5. The Labute approximate surface area is 137 Å². The maximum absolute atomic E-state index is 12.9. The summed E-state index contributed by atoms with van der Waals surface area (Å²) in [6.07, 6.45) is 2.44. The molecule has 0 aliphatic heterocycles. The molecule has 6 heteroatoms. The monoisotopic (exact) mass is 330 g/mol. The summed E-state index contributed by atoms with van der Waals surface area (Å²) in [4.78, 5) is 22.8. The first-order chi connectivity index (χ1) is 11.5. The molecule has 124 valence electrons. The van der Waals surface area contributed by atoms with Crippen molar-refractivity contribution in [2.45, 2.75) is 6.42 Å². The van der Waals surface area contributed by atoms with Crippen molar-refractivity contribution in [1.29, 1.82) is 0 Å². The Morgan fingerprint density at radius 1 is 1.21 bits per heavy atom. The molecule has 2 rings (SSSR count). The van der Waals surface area contributed by atoms with Crippen LogP contribution in [0.3, 0.4) is 0 Å². The number of aliphatic hydroxyl groups excluding tert-OH is 1. The van der Waals surface area contributed by atoms with Crippen molar-refractivity contribution in [2.75, 3.05) is 6.61 Å². The fourth-order valence-corrected chi connectivity index (χ4v) is 1.87. The molecule has 2 aromatic rings. The zero-order valence-corrected chi connectivity index (χ0v) is 12.7. The third-order valence-corrected chi connectivity index (χ3v) is 3.01. The van der Waals surface area contributed by atoms with Gasteiger partial charge in [-0.3, -0.25) is 4.79 Å². The minimum absolute atomic E-state index is 0.0389. The molecule has 1 N–H and O–H groups in total. The minimum Gasteiger partial charge on any atom is -0.504 e. The van der Waals surface area contributed by atoms with Crippen LogP contribution in [0.15, 0.2) is 59.5 Å². The molecule has 0 amide bonds. The molecule has 0 unspecified atom stereocenters. The fourth-order valence-electron chi connectivity index (χ4n) is 1.87. The van der Waals surface area contributed by atoms with Gasteiger partial charge in [0, 0.05) is 12.5 Å². The van der Waals surface area contributed by atoms with E-state index in [0.717, 1.165) is 11.6 Å². The van der Waals surface area contributed by atoms with Crippen molar-refractivity contribution < 1.29 is 28.2 Å². The molecule has 1 aromatic carbocycles. The highest BCUT2D eigenvalue weighted by Crippen LogP contribution is 2.18. The van der Waals surface area contributed by atoms with Crippen molar-refractivity contribution in [3.8, 4) is 0 Å². The number of aliphatic hydroxyl groups is 1. The number of furan rings is 1. The van der Waals surface area contributed by atoms with Crippen LogP contribution in [0.2, 0.25) is 0 Å². The SMILES string of the molecule is C=CCOC(=O)C(=O)C=C(O)c1ccc(Cc2ccc(F)cc2)o1. The van der Waals surface area contributed by atoms with Crippen LogP contribution in [0.4, 0.5) is 4.39 Å². The number of esters is 1. The van der Waals surface area contributed by atoms with Gasteiger partial charge in [0.15, 0.2) is 11.5 Å². The molecule has 0 fully saturated rings. The Balaban J connectivity index is 2.04. The van der Waals surface area contributed by atoms with Crippen LogP contribution in [0.1, 0.15) is 17.1 Å². The molecule has 0 saturated carbocycles. The van der Waals surface area contributed by atoms with E-state index in [1.165, 1.54) is 24.3 Å². The van der Waals surface area contributed by atoms with Gasteiger partial charge >= 0.3 is 5.97 Å². The van der Waals surface area contributed by atoms with E-state index >= 15 is 0 Å². The van der Waals surface area contributed by atoms with Crippen LogP contribution in [0.5, 0.6) is 0 Å². The molecule has 5 nitrogen and oxygen atoms in total. The summed E-state index contributed by atoms with van der Waals surface area (Å²) in [5, 5.41) is 9.85. The quantitative estimate of drug-likeness (QED) is 0.277. The van der Waals surface area contributed by atoms with Gasteiger partial charge in [-0.2, -0.15) is 0 Å². The Kier molecular flexibility index (Phi) is 5.68. The lowest BCUT2D eigenvalue weighted by Gasteiger charge is -1.99. The number of hydrogen-bond donors (Lipinski definition) is 1. The summed E-state index contributed by atoms with van der Waals surface area (Å²) in [6.45, 7) is 3.26. The summed E-state index contributed by atoms with van der Waals surface area (Å²) in [5.41, 5.74) is 0.824. The molecule has 0 radical (unpaired) electrons. The van der Waals surface area contributed by atoms with E-state index in [0.29, 0.717) is 12.2 Å². The lowest BCUT2D eigenvalue weighted by molar-refractivity contribution is -0.150. The van der Waals surface area contributed by atoms with Crippen LogP contribution in [-0.4, -0.2) is 23.5 Å². The summed E-state index contributed by atoms with van der Waals surface area (Å²) in [5.74, 6) is -2.37. The molecule has 0 atom stereocenters. The molecule has 1 heterocycles. The van der Waals surface area contributed by atoms with Crippen molar-refractivity contribution >= 4 is 17.5 Å². The van der Waals surface area contributed by atoms with E-state index in [2.05, 4.69) is 11.3 Å². The standard InChI is InChI=1S/C18H15FO5/c1-2-9-23-18(22)16(21)11-15(20)17-8-7-14(24-17)10-12-3-5-13(19)6-4-12/h2-8,11,20H,1,9-10H2. The fraction of sp³-hybridized carbons (Fsp3) is 0.111. The number of carbonyl (C=O) groups excluding carboxylic acids is 2. The van der Waals surface area contributed by atoms with E-state index in [1.54, 1.807) is 18.2 Å². The average molecular weight is 330 g/mol. The van der Waals surface area contributed by atoms with Gasteiger partial charge in [0.25, 0.3) is 5.78 Å². The first-order valence-electron chi connectivity index (χ1n) is 7.05. The largest absolute Gasteiger partial charge is 0.504 e. The first kappa shape index (κ1) is 17.2. The molecular formula is C18H15FO5. The van der Waals surface area contributed by atoms with Crippen LogP contribution < -0.4 is 0 Å². The van der Waals surface area contributed by atoms with Crippen molar-refractivity contribution in [3.63, 3.8) is 0 Å². The van der Waals surface area contributed by atoms with Gasteiger partial charge in [0.1, 0.15) is 18.2 Å². The van der Waals surface area contributed by atoms with Crippen molar-refractivity contribution in [1.82, 2.24) is 0 Å². The third-order valence-electron chi connectivity index (χ3n) is 3.01. The Hall–Kier alpha value is -3.15. The Morgan fingerprint density at radius 2 is 1.92 bits per heavy atom. The highest BCUT2D eigenvalue weighted by Gasteiger charge is 2.15. The number of rotatable bonds is 7. The normalized spacial score (nSPS) is 11.1. The third kappa shape index (κ3) is 4.67. The van der Waals surface area contributed by atoms with Gasteiger partial charge < -0.3 is 14.3 Å². The van der Waals surface area contributed by atoms with E-state index in [9.17, 15) is 19.1 Å². The predicted octanol–water partition coefficient (Wildman–Crippen LogP) is 3.21.